The first kappa shape index (κ1) is 23.9. The van der Waals surface area contributed by atoms with Crippen molar-refractivity contribution in [3.8, 4) is 0 Å². The lowest BCUT2D eigenvalue weighted by Gasteiger charge is -2.20. The Kier molecular flexibility index (Phi) is 7.10. The van der Waals surface area contributed by atoms with Crippen molar-refractivity contribution in [2.75, 3.05) is 13.2 Å². The summed E-state index contributed by atoms with van der Waals surface area (Å²) < 4.78 is 5.07. The number of carbonyl (C=O) groups excluding carboxylic acids is 3. The highest BCUT2D eigenvalue weighted by Crippen LogP contribution is 2.46. The third kappa shape index (κ3) is 5.48. The van der Waals surface area contributed by atoms with Crippen LogP contribution in [0.15, 0.2) is 77.7 Å². The molecule has 1 heterocycles. The summed E-state index contributed by atoms with van der Waals surface area (Å²) in [5.74, 6) is -1.42. The smallest absolute Gasteiger partial charge is 0.313 e. The zero-order chi connectivity index (χ0) is 24.8. The van der Waals surface area contributed by atoms with E-state index in [1.807, 2.05) is 60.7 Å². The number of aromatic amines is 1. The van der Waals surface area contributed by atoms with E-state index in [0.29, 0.717) is 12.8 Å². The van der Waals surface area contributed by atoms with Gasteiger partial charge in [-0.3, -0.25) is 19.2 Å². The van der Waals surface area contributed by atoms with E-state index in [1.54, 1.807) is 6.92 Å². The number of amides is 2. The second-order valence-corrected chi connectivity index (χ2v) is 8.54. The van der Waals surface area contributed by atoms with E-state index < -0.39 is 28.7 Å². The van der Waals surface area contributed by atoms with Crippen LogP contribution < -0.4 is 16.1 Å². The molecule has 0 atom stereocenters. The predicted molar refractivity (Wildman–Crippen MR) is 130 cm³/mol. The molecule has 1 saturated carbocycles. The Morgan fingerprint density at radius 2 is 1.57 bits per heavy atom. The molecule has 2 aromatic carbocycles. The monoisotopic (exact) mass is 473 g/mol. The molecule has 0 unspecified atom stereocenters. The predicted octanol–water partition coefficient (Wildman–Crippen LogP) is 2.97. The van der Waals surface area contributed by atoms with E-state index >= 15 is 0 Å². The molecule has 0 aliphatic heterocycles. The average molecular weight is 474 g/mol. The maximum Gasteiger partial charge on any atom is 0.313 e. The molecule has 8 heteroatoms. The van der Waals surface area contributed by atoms with E-state index in [4.69, 9.17) is 4.74 Å². The third-order valence-corrected chi connectivity index (χ3v) is 6.09. The Bertz CT molecular complexity index is 1230. The Labute approximate surface area is 202 Å². The molecule has 2 amide bonds. The fraction of sp³-hybridized carbons (Fsp3) is 0.259. The fourth-order valence-corrected chi connectivity index (χ4v) is 3.87. The quantitative estimate of drug-likeness (QED) is 0.413. The zero-order valence-corrected chi connectivity index (χ0v) is 19.4. The number of nitrogens with one attached hydrogen (secondary N) is 3. The van der Waals surface area contributed by atoms with Crippen molar-refractivity contribution < 1.29 is 19.1 Å². The van der Waals surface area contributed by atoms with Gasteiger partial charge < -0.3 is 20.4 Å². The lowest BCUT2D eigenvalue weighted by Crippen LogP contribution is -2.36. The molecule has 0 spiro atoms. The van der Waals surface area contributed by atoms with Crippen LogP contribution in [-0.4, -0.2) is 35.9 Å². The Hall–Kier alpha value is -4.20. The summed E-state index contributed by atoms with van der Waals surface area (Å²) in [7, 11) is 0. The highest BCUT2D eigenvalue weighted by atomic mass is 16.5. The molecule has 1 aromatic heterocycles. The van der Waals surface area contributed by atoms with Crippen molar-refractivity contribution in [2.24, 2.45) is 5.41 Å². The van der Waals surface area contributed by atoms with Gasteiger partial charge in [-0.1, -0.05) is 60.7 Å². The molecule has 35 heavy (non-hydrogen) atoms. The molecular formula is C27H27N3O5. The number of hydrogen-bond acceptors (Lipinski definition) is 5. The van der Waals surface area contributed by atoms with Gasteiger partial charge in [0.05, 0.1) is 18.1 Å². The summed E-state index contributed by atoms with van der Waals surface area (Å²) in [6.45, 7) is 2.14. The number of esters is 1. The first-order chi connectivity index (χ1) is 16.9. The van der Waals surface area contributed by atoms with Gasteiger partial charge in [-0.15, -0.1) is 0 Å². The van der Waals surface area contributed by atoms with Crippen molar-refractivity contribution in [2.45, 2.75) is 25.8 Å². The molecule has 3 N–H and O–H groups in total. The maximum absolute atomic E-state index is 13.0. The van der Waals surface area contributed by atoms with Gasteiger partial charge in [0.25, 0.3) is 11.8 Å². The normalized spacial score (nSPS) is 13.7. The summed E-state index contributed by atoms with van der Waals surface area (Å²) in [5, 5.41) is 5.60. The first-order valence-electron chi connectivity index (χ1n) is 11.5. The number of rotatable bonds is 9. The minimum Gasteiger partial charge on any atom is -0.466 e. The lowest BCUT2D eigenvalue weighted by atomic mass is 9.98. The molecule has 1 aliphatic rings. The largest absolute Gasteiger partial charge is 0.466 e. The van der Waals surface area contributed by atoms with E-state index in [-0.39, 0.29) is 30.4 Å². The van der Waals surface area contributed by atoms with Crippen molar-refractivity contribution >= 4 is 17.8 Å². The van der Waals surface area contributed by atoms with Crippen LogP contribution in [0.25, 0.3) is 0 Å². The Balaban J connectivity index is 1.47. The van der Waals surface area contributed by atoms with Gasteiger partial charge in [0.15, 0.2) is 5.43 Å². The van der Waals surface area contributed by atoms with Crippen molar-refractivity contribution in [3.05, 3.63) is 106 Å². The van der Waals surface area contributed by atoms with Crippen molar-refractivity contribution in [1.29, 1.82) is 0 Å². The van der Waals surface area contributed by atoms with Gasteiger partial charge in [-0.05, 0) is 30.9 Å². The van der Waals surface area contributed by atoms with Crippen molar-refractivity contribution in [1.82, 2.24) is 15.6 Å². The lowest BCUT2D eigenvalue weighted by molar-refractivity contribution is -0.149. The summed E-state index contributed by atoms with van der Waals surface area (Å²) >= 11 is 0. The summed E-state index contributed by atoms with van der Waals surface area (Å²) in [6, 6.07) is 19.5. The van der Waals surface area contributed by atoms with E-state index in [0.717, 1.165) is 17.2 Å². The summed E-state index contributed by atoms with van der Waals surface area (Å²) in [6.07, 6.45) is 2.52. The average Bonchev–Trinajstić information content (AvgIpc) is 3.68. The summed E-state index contributed by atoms with van der Waals surface area (Å²) in [5.41, 5.74) is 0.371. The van der Waals surface area contributed by atoms with E-state index in [9.17, 15) is 19.2 Å². The minimum absolute atomic E-state index is 0.00822. The van der Waals surface area contributed by atoms with E-state index in [2.05, 4.69) is 15.6 Å². The number of ether oxygens (including phenoxy) is 1. The molecule has 8 nitrogen and oxygen atoms in total. The van der Waals surface area contributed by atoms with Crippen molar-refractivity contribution in [3.63, 3.8) is 0 Å². The number of benzene rings is 2. The molecule has 1 fully saturated rings. The van der Waals surface area contributed by atoms with Crippen LogP contribution in [0.3, 0.4) is 0 Å². The molecule has 3 aromatic rings. The van der Waals surface area contributed by atoms with Crippen LogP contribution in [0.5, 0.6) is 0 Å². The molecule has 0 radical (unpaired) electrons. The Morgan fingerprint density at radius 1 is 0.971 bits per heavy atom. The molecule has 180 valence electrons. The van der Waals surface area contributed by atoms with Gasteiger partial charge in [0, 0.05) is 18.8 Å². The molecule has 1 aliphatic carbocycles. The van der Waals surface area contributed by atoms with Gasteiger partial charge in [-0.2, -0.15) is 0 Å². The van der Waals surface area contributed by atoms with Gasteiger partial charge >= 0.3 is 5.97 Å². The molecule has 0 saturated heterocycles. The van der Waals surface area contributed by atoms with Crippen LogP contribution in [-0.2, 0) is 9.53 Å². The Morgan fingerprint density at radius 3 is 2.09 bits per heavy atom. The maximum atomic E-state index is 13.0. The van der Waals surface area contributed by atoms with Crippen LogP contribution in [0.1, 0.15) is 57.8 Å². The van der Waals surface area contributed by atoms with Crippen LogP contribution >= 0.6 is 0 Å². The fourth-order valence-electron chi connectivity index (χ4n) is 3.87. The number of H-pyrrole nitrogens is 1. The second kappa shape index (κ2) is 10.4. The highest BCUT2D eigenvalue weighted by molar-refractivity contribution is 5.96. The molecule has 0 bridgehead atoms. The standard InChI is InChI=1S/C27H27N3O5/c1-2-35-26(34)27(13-14-27)17-29-25(33)21-15-22(31)20(16-28-21)24(32)30-23(18-9-5-3-6-10-18)19-11-7-4-8-12-19/h3-12,15-16,23H,2,13-14,17H2,1H3,(H,28,31)(H,29,33)(H,30,32). The molecular weight excluding hydrogens is 446 g/mol. The number of pyridine rings is 1. The van der Waals surface area contributed by atoms with E-state index in [1.165, 1.54) is 6.20 Å². The minimum atomic E-state index is -0.685. The molecule has 4 rings (SSSR count). The van der Waals surface area contributed by atoms with Crippen LogP contribution in [0, 0.1) is 5.41 Å². The first-order valence-corrected chi connectivity index (χ1v) is 11.5. The number of hydrogen-bond donors (Lipinski definition) is 3. The third-order valence-electron chi connectivity index (χ3n) is 6.09. The van der Waals surface area contributed by atoms with Gasteiger partial charge in [0.2, 0.25) is 0 Å². The van der Waals surface area contributed by atoms with Crippen LogP contribution in [0.2, 0.25) is 0 Å². The van der Waals surface area contributed by atoms with Gasteiger partial charge in [0.1, 0.15) is 11.3 Å². The van der Waals surface area contributed by atoms with Crippen LogP contribution in [0.4, 0.5) is 0 Å². The zero-order valence-electron chi connectivity index (χ0n) is 19.4. The SMILES string of the molecule is CCOC(=O)C1(CNC(=O)c2cc(=O)c(C(=O)NC(c3ccccc3)c3ccccc3)c[nH]2)CC1. The number of carbonyl (C=O) groups is 3. The summed E-state index contributed by atoms with van der Waals surface area (Å²) in [4.78, 5) is 53.1. The number of aromatic nitrogens is 1. The second-order valence-electron chi connectivity index (χ2n) is 8.54. The van der Waals surface area contributed by atoms with Gasteiger partial charge in [-0.25, -0.2) is 0 Å². The topological polar surface area (TPSA) is 117 Å². The highest BCUT2D eigenvalue weighted by Gasteiger charge is 2.51.